The number of hydrogen-bond donors (Lipinski definition) is 1. The van der Waals surface area contributed by atoms with Crippen LogP contribution in [0.1, 0.15) is 5.56 Å². The minimum absolute atomic E-state index is 0.295. The van der Waals surface area contributed by atoms with Gasteiger partial charge in [-0.3, -0.25) is 0 Å². The van der Waals surface area contributed by atoms with Crippen LogP contribution in [0, 0.1) is 0 Å². The third-order valence-corrected chi connectivity index (χ3v) is 2.16. The molecule has 0 atom stereocenters. The number of ether oxygens (including phenoxy) is 2. The second-order valence-corrected chi connectivity index (χ2v) is 3.35. The number of benzene rings is 1. The number of rotatable bonds is 4. The predicted molar refractivity (Wildman–Crippen MR) is 63.0 cm³/mol. The Morgan fingerprint density at radius 2 is 1.82 bits per heavy atom. The molecule has 0 aliphatic rings. The summed E-state index contributed by atoms with van der Waals surface area (Å²) in [5.74, 6) is 1.30. The van der Waals surface area contributed by atoms with E-state index in [0.29, 0.717) is 24.1 Å². The van der Waals surface area contributed by atoms with Gasteiger partial charge >= 0.3 is 6.01 Å². The van der Waals surface area contributed by atoms with Crippen molar-refractivity contribution < 1.29 is 9.47 Å². The van der Waals surface area contributed by atoms with Crippen LogP contribution in [0.15, 0.2) is 36.7 Å². The van der Waals surface area contributed by atoms with Crippen molar-refractivity contribution in [2.45, 2.75) is 6.54 Å². The zero-order valence-electron chi connectivity index (χ0n) is 9.46. The molecule has 88 valence electrons. The van der Waals surface area contributed by atoms with Crippen LogP contribution in [-0.4, -0.2) is 17.1 Å². The molecule has 0 amide bonds. The predicted octanol–water partition coefficient (Wildman–Crippen LogP) is 1.74. The zero-order valence-corrected chi connectivity index (χ0v) is 9.46. The second kappa shape index (κ2) is 5.27. The van der Waals surface area contributed by atoms with E-state index in [0.717, 1.165) is 5.56 Å². The van der Waals surface area contributed by atoms with Crippen LogP contribution in [0.5, 0.6) is 17.5 Å². The molecule has 0 bridgehead atoms. The summed E-state index contributed by atoms with van der Waals surface area (Å²) in [6, 6.07) is 7.47. The van der Waals surface area contributed by atoms with Crippen molar-refractivity contribution in [1.29, 1.82) is 0 Å². The molecule has 2 aromatic rings. The Kier molecular flexibility index (Phi) is 3.52. The van der Waals surface area contributed by atoms with E-state index in [2.05, 4.69) is 9.97 Å². The van der Waals surface area contributed by atoms with E-state index < -0.39 is 0 Å². The summed E-state index contributed by atoms with van der Waals surface area (Å²) in [5, 5.41) is 0. The molecule has 1 aromatic carbocycles. The van der Waals surface area contributed by atoms with E-state index in [1.807, 2.05) is 12.1 Å². The average molecular weight is 231 g/mol. The van der Waals surface area contributed by atoms with Crippen LogP contribution >= 0.6 is 0 Å². The Bertz CT molecular complexity index is 466. The molecule has 17 heavy (non-hydrogen) atoms. The monoisotopic (exact) mass is 231 g/mol. The summed E-state index contributed by atoms with van der Waals surface area (Å²) < 4.78 is 10.7. The molecule has 1 aromatic heterocycles. The van der Waals surface area contributed by atoms with Gasteiger partial charge in [0, 0.05) is 25.0 Å². The average Bonchev–Trinajstić information content (AvgIpc) is 2.39. The molecule has 0 saturated heterocycles. The summed E-state index contributed by atoms with van der Waals surface area (Å²) >= 11 is 0. The second-order valence-electron chi connectivity index (χ2n) is 3.35. The lowest BCUT2D eigenvalue weighted by atomic mass is 10.2. The van der Waals surface area contributed by atoms with E-state index >= 15 is 0 Å². The SMILES string of the molecule is COc1cc(CN)cc(Oc2ncccn2)c1. The summed E-state index contributed by atoms with van der Waals surface area (Å²) in [5.41, 5.74) is 6.52. The van der Waals surface area contributed by atoms with Crippen LogP contribution in [0.4, 0.5) is 0 Å². The minimum Gasteiger partial charge on any atom is -0.497 e. The van der Waals surface area contributed by atoms with Gasteiger partial charge in [-0.1, -0.05) is 0 Å². The van der Waals surface area contributed by atoms with Crippen molar-refractivity contribution in [3.05, 3.63) is 42.2 Å². The van der Waals surface area contributed by atoms with E-state index in [9.17, 15) is 0 Å². The molecule has 0 radical (unpaired) electrons. The van der Waals surface area contributed by atoms with E-state index in [1.165, 1.54) is 0 Å². The Labute approximate surface area is 99.2 Å². The van der Waals surface area contributed by atoms with Gasteiger partial charge in [0.25, 0.3) is 0 Å². The van der Waals surface area contributed by atoms with Crippen molar-refractivity contribution in [2.75, 3.05) is 7.11 Å². The molecular formula is C12H13N3O2. The van der Waals surface area contributed by atoms with Gasteiger partial charge in [-0.25, -0.2) is 9.97 Å². The molecule has 0 aliphatic heterocycles. The molecule has 1 heterocycles. The molecule has 0 aliphatic carbocycles. The molecule has 0 saturated carbocycles. The standard InChI is InChI=1S/C12H13N3O2/c1-16-10-5-9(8-13)6-11(7-10)17-12-14-3-2-4-15-12/h2-7H,8,13H2,1H3. The normalized spacial score (nSPS) is 10.0. The third-order valence-electron chi connectivity index (χ3n) is 2.16. The van der Waals surface area contributed by atoms with Gasteiger partial charge in [0.2, 0.25) is 0 Å². The lowest BCUT2D eigenvalue weighted by Crippen LogP contribution is -1.98. The molecular weight excluding hydrogens is 218 g/mol. The van der Waals surface area contributed by atoms with E-state index in [-0.39, 0.29) is 0 Å². The molecule has 0 spiro atoms. The van der Waals surface area contributed by atoms with Crippen molar-refractivity contribution in [3.63, 3.8) is 0 Å². The van der Waals surface area contributed by atoms with Crippen LogP contribution < -0.4 is 15.2 Å². The van der Waals surface area contributed by atoms with Gasteiger partial charge in [-0.05, 0) is 23.8 Å². The Hall–Kier alpha value is -2.14. The number of nitrogens with zero attached hydrogens (tertiary/aromatic N) is 2. The maximum atomic E-state index is 5.59. The Morgan fingerprint density at radius 1 is 1.12 bits per heavy atom. The quantitative estimate of drug-likeness (QED) is 0.867. The fourth-order valence-corrected chi connectivity index (χ4v) is 1.37. The van der Waals surface area contributed by atoms with Crippen LogP contribution in [0.25, 0.3) is 0 Å². The van der Waals surface area contributed by atoms with Gasteiger partial charge in [0.1, 0.15) is 11.5 Å². The van der Waals surface area contributed by atoms with Crippen LogP contribution in [-0.2, 0) is 6.54 Å². The fourth-order valence-electron chi connectivity index (χ4n) is 1.37. The highest BCUT2D eigenvalue weighted by Crippen LogP contribution is 2.25. The lowest BCUT2D eigenvalue weighted by molar-refractivity contribution is 0.403. The molecule has 5 nitrogen and oxygen atoms in total. The highest BCUT2D eigenvalue weighted by molar-refractivity contribution is 5.39. The first-order chi connectivity index (χ1) is 8.31. The molecule has 5 heteroatoms. The van der Waals surface area contributed by atoms with Gasteiger partial charge in [0.15, 0.2) is 0 Å². The zero-order chi connectivity index (χ0) is 12.1. The number of aromatic nitrogens is 2. The summed E-state index contributed by atoms with van der Waals surface area (Å²) in [4.78, 5) is 7.96. The largest absolute Gasteiger partial charge is 0.497 e. The molecule has 2 N–H and O–H groups in total. The third kappa shape index (κ3) is 2.92. The Balaban J connectivity index is 2.26. The number of hydrogen-bond acceptors (Lipinski definition) is 5. The van der Waals surface area contributed by atoms with Gasteiger partial charge in [0.05, 0.1) is 7.11 Å². The fraction of sp³-hybridized carbons (Fsp3) is 0.167. The smallest absolute Gasteiger partial charge is 0.321 e. The van der Waals surface area contributed by atoms with Crippen molar-refractivity contribution >= 4 is 0 Å². The molecule has 0 fully saturated rings. The van der Waals surface area contributed by atoms with Crippen LogP contribution in [0.2, 0.25) is 0 Å². The van der Waals surface area contributed by atoms with Gasteiger partial charge in [-0.2, -0.15) is 0 Å². The first-order valence-electron chi connectivity index (χ1n) is 5.14. The lowest BCUT2D eigenvalue weighted by Gasteiger charge is -2.08. The highest BCUT2D eigenvalue weighted by Gasteiger charge is 2.04. The van der Waals surface area contributed by atoms with E-state index in [4.69, 9.17) is 15.2 Å². The van der Waals surface area contributed by atoms with Crippen molar-refractivity contribution in [2.24, 2.45) is 5.73 Å². The summed E-state index contributed by atoms with van der Waals surface area (Å²) in [7, 11) is 1.60. The maximum absolute atomic E-state index is 5.59. The van der Waals surface area contributed by atoms with Crippen LogP contribution in [0.3, 0.4) is 0 Å². The number of nitrogens with two attached hydrogens (primary N) is 1. The number of methoxy groups -OCH3 is 1. The van der Waals surface area contributed by atoms with Crippen molar-refractivity contribution in [1.82, 2.24) is 9.97 Å². The topological polar surface area (TPSA) is 70.3 Å². The summed E-state index contributed by atoms with van der Waals surface area (Å²) in [6.07, 6.45) is 3.23. The van der Waals surface area contributed by atoms with Gasteiger partial charge in [-0.15, -0.1) is 0 Å². The van der Waals surface area contributed by atoms with E-state index in [1.54, 1.807) is 31.6 Å². The first-order valence-corrected chi connectivity index (χ1v) is 5.14. The molecule has 0 unspecified atom stereocenters. The molecule has 2 rings (SSSR count). The van der Waals surface area contributed by atoms with Gasteiger partial charge < -0.3 is 15.2 Å². The summed E-state index contributed by atoms with van der Waals surface area (Å²) in [6.45, 7) is 0.420. The van der Waals surface area contributed by atoms with Crippen molar-refractivity contribution in [3.8, 4) is 17.5 Å². The first kappa shape index (κ1) is 11.3. The highest BCUT2D eigenvalue weighted by atomic mass is 16.5. The minimum atomic E-state index is 0.295. The Morgan fingerprint density at radius 3 is 2.47 bits per heavy atom. The maximum Gasteiger partial charge on any atom is 0.321 e.